The van der Waals surface area contributed by atoms with Crippen LogP contribution in [0.15, 0.2) is 24.3 Å². The number of aromatic nitrogens is 3. The lowest BCUT2D eigenvalue weighted by molar-refractivity contribution is -0.116. The number of carbonyl (C=O) groups excluding carboxylic acids is 1. The summed E-state index contributed by atoms with van der Waals surface area (Å²) in [5, 5.41) is 12.9. The molecule has 6 nitrogen and oxygen atoms in total. The molecule has 0 unspecified atom stereocenters. The molecule has 2 heterocycles. The second-order valence-corrected chi connectivity index (χ2v) is 7.09. The smallest absolute Gasteiger partial charge is 0.226 e. The summed E-state index contributed by atoms with van der Waals surface area (Å²) in [6.07, 6.45) is 2.00. The van der Waals surface area contributed by atoms with Crippen molar-refractivity contribution in [2.75, 3.05) is 12.4 Å². The Labute approximate surface area is 141 Å². The van der Waals surface area contributed by atoms with E-state index in [2.05, 4.69) is 26.6 Å². The van der Waals surface area contributed by atoms with E-state index in [0.29, 0.717) is 18.2 Å². The van der Waals surface area contributed by atoms with Gasteiger partial charge in [0.05, 0.1) is 15.2 Å². The van der Waals surface area contributed by atoms with Gasteiger partial charge < -0.3 is 10.1 Å². The van der Waals surface area contributed by atoms with Gasteiger partial charge >= 0.3 is 0 Å². The first-order chi connectivity index (χ1) is 11.2. The van der Waals surface area contributed by atoms with Crippen molar-refractivity contribution >= 4 is 43.9 Å². The lowest BCUT2D eigenvalue weighted by atomic mass is 10.2. The van der Waals surface area contributed by atoms with Crippen molar-refractivity contribution in [1.82, 2.24) is 15.2 Å². The van der Waals surface area contributed by atoms with Crippen molar-refractivity contribution < 1.29 is 9.53 Å². The van der Waals surface area contributed by atoms with Crippen molar-refractivity contribution in [2.45, 2.75) is 25.9 Å². The number of methoxy groups -OCH3 is 1. The van der Waals surface area contributed by atoms with E-state index < -0.39 is 0 Å². The van der Waals surface area contributed by atoms with Crippen LogP contribution in [0.25, 0.3) is 10.2 Å². The fourth-order valence-corrected chi connectivity index (χ4v) is 3.83. The minimum absolute atomic E-state index is 0.0498. The van der Waals surface area contributed by atoms with Crippen LogP contribution in [0.2, 0.25) is 0 Å². The predicted molar refractivity (Wildman–Crippen MR) is 91.8 cm³/mol. The molecule has 23 heavy (non-hydrogen) atoms. The van der Waals surface area contributed by atoms with Crippen molar-refractivity contribution in [2.24, 2.45) is 0 Å². The Morgan fingerprint density at radius 3 is 2.91 bits per heavy atom. The minimum atomic E-state index is -0.0498. The lowest BCUT2D eigenvalue weighted by Crippen LogP contribution is -2.11. The number of anilines is 1. The molecule has 0 aliphatic heterocycles. The van der Waals surface area contributed by atoms with Gasteiger partial charge in [0.1, 0.15) is 11.6 Å². The van der Waals surface area contributed by atoms with Gasteiger partial charge in [-0.3, -0.25) is 4.79 Å². The summed E-state index contributed by atoms with van der Waals surface area (Å²) >= 11 is 3.01. The number of rotatable bonds is 7. The highest BCUT2D eigenvalue weighted by molar-refractivity contribution is 7.18. The van der Waals surface area contributed by atoms with Gasteiger partial charge in [0.25, 0.3) is 0 Å². The standard InChI is InChI=1S/C15H16N4O2S2/c1-21-9-14-18-19-15(23-14)17-12(20)7-4-8-13-16-10-5-2-3-6-11(10)22-13/h2-3,5-6H,4,7-9H2,1H3,(H,17,19,20). The van der Waals surface area contributed by atoms with Gasteiger partial charge in [0.2, 0.25) is 11.0 Å². The SMILES string of the molecule is COCc1nnc(NC(=O)CCCc2nc3ccccc3s2)s1. The summed E-state index contributed by atoms with van der Waals surface area (Å²) in [5.74, 6) is -0.0498. The van der Waals surface area contributed by atoms with Gasteiger partial charge in [-0.25, -0.2) is 4.98 Å². The number of aryl methyl sites for hydroxylation is 1. The summed E-state index contributed by atoms with van der Waals surface area (Å²) in [4.78, 5) is 16.5. The van der Waals surface area contributed by atoms with E-state index in [9.17, 15) is 4.79 Å². The van der Waals surface area contributed by atoms with E-state index in [1.807, 2.05) is 18.2 Å². The first-order valence-corrected chi connectivity index (χ1v) is 8.83. The van der Waals surface area contributed by atoms with Crippen LogP contribution in [-0.4, -0.2) is 28.2 Å². The number of hydrogen-bond donors (Lipinski definition) is 1. The molecule has 2 aromatic heterocycles. The van der Waals surface area contributed by atoms with Crippen LogP contribution in [0.3, 0.4) is 0 Å². The zero-order valence-corrected chi connectivity index (χ0v) is 14.2. The quantitative estimate of drug-likeness (QED) is 0.709. The maximum absolute atomic E-state index is 11.9. The zero-order valence-electron chi connectivity index (χ0n) is 12.6. The molecule has 1 amide bonds. The first-order valence-electron chi connectivity index (χ1n) is 7.20. The highest BCUT2D eigenvalue weighted by Crippen LogP contribution is 2.23. The zero-order chi connectivity index (χ0) is 16.1. The van der Waals surface area contributed by atoms with Crippen LogP contribution < -0.4 is 5.32 Å². The van der Waals surface area contributed by atoms with Crippen LogP contribution in [-0.2, 0) is 22.6 Å². The summed E-state index contributed by atoms with van der Waals surface area (Å²) < 4.78 is 6.16. The predicted octanol–water partition coefficient (Wildman–Crippen LogP) is 3.26. The number of hydrogen-bond acceptors (Lipinski definition) is 7. The number of nitrogens with one attached hydrogen (secondary N) is 1. The lowest BCUT2D eigenvalue weighted by Gasteiger charge is -1.99. The summed E-state index contributed by atoms with van der Waals surface area (Å²) in [6, 6.07) is 8.07. The molecular formula is C15H16N4O2S2. The highest BCUT2D eigenvalue weighted by Gasteiger charge is 2.09. The second kappa shape index (κ2) is 7.58. The van der Waals surface area contributed by atoms with E-state index in [4.69, 9.17) is 4.74 Å². The maximum Gasteiger partial charge on any atom is 0.226 e. The van der Waals surface area contributed by atoms with Crippen molar-refractivity contribution in [3.8, 4) is 0 Å². The average molecular weight is 348 g/mol. The Morgan fingerprint density at radius 1 is 1.22 bits per heavy atom. The summed E-state index contributed by atoms with van der Waals surface area (Å²) in [7, 11) is 1.60. The van der Waals surface area contributed by atoms with Crippen LogP contribution >= 0.6 is 22.7 Å². The Morgan fingerprint density at radius 2 is 2.09 bits per heavy atom. The van der Waals surface area contributed by atoms with Gasteiger partial charge in [-0.05, 0) is 25.0 Å². The van der Waals surface area contributed by atoms with Gasteiger partial charge in [0.15, 0.2) is 0 Å². The molecule has 0 saturated carbocycles. The molecule has 0 atom stereocenters. The highest BCUT2D eigenvalue weighted by atomic mass is 32.1. The Hall–Kier alpha value is -1.90. The van der Waals surface area contributed by atoms with Crippen LogP contribution in [0.5, 0.6) is 0 Å². The van der Waals surface area contributed by atoms with E-state index in [1.165, 1.54) is 16.0 Å². The number of nitrogens with zero attached hydrogens (tertiary/aromatic N) is 3. The van der Waals surface area contributed by atoms with E-state index in [1.54, 1.807) is 18.4 Å². The normalized spacial score (nSPS) is 11.0. The monoisotopic (exact) mass is 348 g/mol. The number of thiazole rings is 1. The molecule has 0 aliphatic carbocycles. The minimum Gasteiger partial charge on any atom is -0.377 e. The van der Waals surface area contributed by atoms with Crippen molar-refractivity contribution in [3.63, 3.8) is 0 Å². The molecule has 0 aliphatic rings. The fourth-order valence-electron chi connectivity index (χ4n) is 2.09. The average Bonchev–Trinajstić information content (AvgIpc) is 3.14. The van der Waals surface area contributed by atoms with Crippen LogP contribution in [0.4, 0.5) is 5.13 Å². The Balaban J connectivity index is 1.46. The topological polar surface area (TPSA) is 77.0 Å². The summed E-state index contributed by atoms with van der Waals surface area (Å²) in [6.45, 7) is 0.408. The van der Waals surface area contributed by atoms with Crippen LogP contribution in [0.1, 0.15) is 22.9 Å². The van der Waals surface area contributed by atoms with Crippen molar-refractivity contribution in [3.05, 3.63) is 34.3 Å². The Bertz CT molecular complexity index is 766. The molecular weight excluding hydrogens is 332 g/mol. The Kier molecular flexibility index (Phi) is 5.27. The van der Waals surface area contributed by atoms with Gasteiger partial charge in [0, 0.05) is 13.5 Å². The van der Waals surface area contributed by atoms with E-state index in [0.717, 1.165) is 28.4 Å². The molecule has 0 fully saturated rings. The number of carbonyl (C=O) groups is 1. The molecule has 1 aromatic carbocycles. The van der Waals surface area contributed by atoms with E-state index >= 15 is 0 Å². The molecule has 3 rings (SSSR count). The number of para-hydroxylation sites is 1. The molecule has 0 bridgehead atoms. The first kappa shape index (κ1) is 16.0. The van der Waals surface area contributed by atoms with Crippen molar-refractivity contribution in [1.29, 1.82) is 0 Å². The third-order valence-electron chi connectivity index (χ3n) is 3.11. The third kappa shape index (κ3) is 4.31. The number of fused-ring (bicyclic) bond motifs is 1. The molecule has 0 radical (unpaired) electrons. The third-order valence-corrected chi connectivity index (χ3v) is 5.02. The van der Waals surface area contributed by atoms with Gasteiger partial charge in [-0.15, -0.1) is 21.5 Å². The second-order valence-electron chi connectivity index (χ2n) is 4.91. The molecule has 1 N–H and O–H groups in total. The largest absolute Gasteiger partial charge is 0.377 e. The summed E-state index contributed by atoms with van der Waals surface area (Å²) in [5.41, 5.74) is 1.02. The van der Waals surface area contributed by atoms with Gasteiger partial charge in [-0.1, -0.05) is 23.5 Å². The molecule has 0 spiro atoms. The molecule has 3 aromatic rings. The molecule has 0 saturated heterocycles. The molecule has 120 valence electrons. The van der Waals surface area contributed by atoms with E-state index in [-0.39, 0.29) is 5.91 Å². The number of ether oxygens (including phenoxy) is 1. The fraction of sp³-hybridized carbons (Fsp3) is 0.333. The van der Waals surface area contributed by atoms with Crippen LogP contribution in [0, 0.1) is 0 Å². The maximum atomic E-state index is 11.9. The number of amides is 1. The van der Waals surface area contributed by atoms with Gasteiger partial charge in [-0.2, -0.15) is 0 Å². The number of benzene rings is 1. The molecule has 8 heteroatoms.